The lowest BCUT2D eigenvalue weighted by atomic mass is 10.1. The van der Waals surface area contributed by atoms with E-state index in [2.05, 4.69) is 20.3 Å². The highest BCUT2D eigenvalue weighted by atomic mass is 35.5. The van der Waals surface area contributed by atoms with Crippen LogP contribution in [0, 0.1) is 13.8 Å². The van der Waals surface area contributed by atoms with Crippen LogP contribution < -0.4 is 5.32 Å². The van der Waals surface area contributed by atoms with Gasteiger partial charge in [-0.05, 0) is 32.0 Å². The first-order chi connectivity index (χ1) is 9.93. The molecule has 0 aliphatic rings. The van der Waals surface area contributed by atoms with Gasteiger partial charge in [0.15, 0.2) is 0 Å². The minimum atomic E-state index is -0.576. The van der Waals surface area contributed by atoms with Gasteiger partial charge in [0.1, 0.15) is 0 Å². The largest absolute Gasteiger partial charge is 0.465 e. The van der Waals surface area contributed by atoms with E-state index in [1.165, 1.54) is 13.2 Å². The summed E-state index contributed by atoms with van der Waals surface area (Å²) in [6.45, 7) is 3.47. The fourth-order valence-corrected chi connectivity index (χ4v) is 2.15. The fraction of sp³-hybridized carbons (Fsp3) is 0.214. The van der Waals surface area contributed by atoms with Gasteiger partial charge in [-0.2, -0.15) is 5.10 Å². The van der Waals surface area contributed by atoms with Gasteiger partial charge in [0.2, 0.25) is 0 Å². The van der Waals surface area contributed by atoms with Crippen LogP contribution in [0.3, 0.4) is 0 Å². The van der Waals surface area contributed by atoms with Crippen molar-refractivity contribution in [3.63, 3.8) is 0 Å². The van der Waals surface area contributed by atoms with E-state index < -0.39 is 5.97 Å². The van der Waals surface area contributed by atoms with Crippen molar-refractivity contribution in [2.75, 3.05) is 12.4 Å². The first kappa shape index (κ1) is 15.1. The highest BCUT2D eigenvalue weighted by Crippen LogP contribution is 2.23. The zero-order valence-electron chi connectivity index (χ0n) is 11.8. The van der Waals surface area contributed by atoms with E-state index in [4.69, 9.17) is 11.6 Å². The average Bonchev–Trinajstić information content (AvgIpc) is 2.79. The molecule has 0 atom stereocenters. The van der Waals surface area contributed by atoms with Crippen LogP contribution in [-0.4, -0.2) is 29.2 Å². The van der Waals surface area contributed by atoms with Crippen molar-refractivity contribution in [1.82, 2.24) is 10.2 Å². The molecule has 0 radical (unpaired) electrons. The van der Waals surface area contributed by atoms with Gasteiger partial charge < -0.3 is 10.1 Å². The SMILES string of the molecule is COC(=O)c1cc(Cl)ccc1NC(=O)c1c(C)n[nH]c1C. The maximum absolute atomic E-state index is 12.3. The van der Waals surface area contributed by atoms with E-state index in [-0.39, 0.29) is 11.5 Å². The number of rotatable bonds is 3. The molecule has 0 saturated carbocycles. The highest BCUT2D eigenvalue weighted by molar-refractivity contribution is 6.31. The number of hydrogen-bond donors (Lipinski definition) is 2. The quantitative estimate of drug-likeness (QED) is 0.854. The van der Waals surface area contributed by atoms with E-state index >= 15 is 0 Å². The summed E-state index contributed by atoms with van der Waals surface area (Å²) in [5, 5.41) is 9.76. The number of H-pyrrole nitrogens is 1. The van der Waals surface area contributed by atoms with E-state index in [1.807, 2.05) is 0 Å². The van der Waals surface area contributed by atoms with Crippen molar-refractivity contribution in [3.8, 4) is 0 Å². The zero-order valence-corrected chi connectivity index (χ0v) is 12.5. The first-order valence-corrected chi connectivity index (χ1v) is 6.52. The second kappa shape index (κ2) is 5.97. The second-order valence-electron chi connectivity index (χ2n) is 4.44. The van der Waals surface area contributed by atoms with Gasteiger partial charge in [0, 0.05) is 10.7 Å². The molecular weight excluding hydrogens is 294 g/mol. The number of carbonyl (C=O) groups is 2. The summed E-state index contributed by atoms with van der Waals surface area (Å²) in [6, 6.07) is 4.58. The maximum atomic E-state index is 12.3. The van der Waals surface area contributed by atoms with Gasteiger partial charge in [0.25, 0.3) is 5.91 Å². The smallest absolute Gasteiger partial charge is 0.340 e. The molecule has 0 spiro atoms. The van der Waals surface area contributed by atoms with Gasteiger partial charge >= 0.3 is 5.97 Å². The number of hydrogen-bond acceptors (Lipinski definition) is 4. The van der Waals surface area contributed by atoms with Gasteiger partial charge in [0.05, 0.1) is 29.6 Å². The standard InChI is InChI=1S/C14H14ClN3O3/c1-7-12(8(2)18-17-7)13(19)16-11-5-4-9(15)6-10(11)14(20)21-3/h4-6H,1-3H3,(H,16,19)(H,17,18). The molecule has 0 aliphatic heterocycles. The van der Waals surface area contributed by atoms with E-state index in [0.29, 0.717) is 27.7 Å². The molecular formula is C14H14ClN3O3. The van der Waals surface area contributed by atoms with Crippen LogP contribution in [0.25, 0.3) is 0 Å². The number of anilines is 1. The molecule has 1 amide bonds. The minimum absolute atomic E-state index is 0.192. The number of aromatic amines is 1. The summed E-state index contributed by atoms with van der Waals surface area (Å²) >= 11 is 5.87. The summed E-state index contributed by atoms with van der Waals surface area (Å²) in [5.74, 6) is -0.931. The lowest BCUT2D eigenvalue weighted by Crippen LogP contribution is -2.16. The van der Waals surface area contributed by atoms with Gasteiger partial charge in [-0.15, -0.1) is 0 Å². The molecule has 1 aromatic heterocycles. The van der Waals surface area contributed by atoms with Gasteiger partial charge in [-0.1, -0.05) is 11.6 Å². The third-order valence-electron chi connectivity index (χ3n) is 2.99. The Kier molecular flexibility index (Phi) is 4.28. The number of amides is 1. The lowest BCUT2D eigenvalue weighted by Gasteiger charge is -2.10. The molecule has 2 N–H and O–H groups in total. The van der Waals surface area contributed by atoms with Crippen molar-refractivity contribution in [1.29, 1.82) is 0 Å². The molecule has 6 nitrogen and oxygen atoms in total. The van der Waals surface area contributed by atoms with Crippen LogP contribution in [0.4, 0.5) is 5.69 Å². The topological polar surface area (TPSA) is 84.1 Å². The summed E-state index contributed by atoms with van der Waals surface area (Å²) in [7, 11) is 1.26. The monoisotopic (exact) mass is 307 g/mol. The zero-order chi connectivity index (χ0) is 15.6. The van der Waals surface area contributed by atoms with Crippen molar-refractivity contribution >= 4 is 29.2 Å². The number of benzene rings is 1. The normalized spacial score (nSPS) is 10.3. The Balaban J connectivity index is 2.36. The summed E-state index contributed by atoms with van der Waals surface area (Å²) < 4.78 is 4.68. The van der Waals surface area contributed by atoms with E-state index in [0.717, 1.165) is 0 Å². The molecule has 7 heteroatoms. The lowest BCUT2D eigenvalue weighted by molar-refractivity contribution is 0.0602. The highest BCUT2D eigenvalue weighted by Gasteiger charge is 2.19. The van der Waals surface area contributed by atoms with Crippen LogP contribution in [0.1, 0.15) is 32.1 Å². The second-order valence-corrected chi connectivity index (χ2v) is 4.88. The molecule has 21 heavy (non-hydrogen) atoms. The first-order valence-electron chi connectivity index (χ1n) is 6.14. The number of carbonyl (C=O) groups excluding carboxylic acids is 2. The van der Waals surface area contributed by atoms with Gasteiger partial charge in [-0.3, -0.25) is 9.89 Å². The molecule has 0 unspecified atom stereocenters. The Morgan fingerprint density at radius 3 is 2.62 bits per heavy atom. The number of ether oxygens (including phenoxy) is 1. The molecule has 1 heterocycles. The molecule has 0 bridgehead atoms. The summed E-state index contributed by atoms with van der Waals surface area (Å²) in [5.41, 5.74) is 2.20. The number of methoxy groups -OCH3 is 1. The van der Waals surface area contributed by atoms with Crippen LogP contribution in [0.15, 0.2) is 18.2 Å². The molecule has 0 saturated heterocycles. The molecule has 110 valence electrons. The minimum Gasteiger partial charge on any atom is -0.465 e. The summed E-state index contributed by atoms with van der Waals surface area (Å²) in [6.07, 6.45) is 0. The predicted molar refractivity (Wildman–Crippen MR) is 78.8 cm³/mol. The van der Waals surface area contributed by atoms with Crippen LogP contribution in [-0.2, 0) is 4.74 Å². The number of aromatic nitrogens is 2. The number of halogens is 1. The van der Waals surface area contributed by atoms with E-state index in [9.17, 15) is 9.59 Å². The van der Waals surface area contributed by atoms with Crippen molar-refractivity contribution in [2.24, 2.45) is 0 Å². The number of nitrogens with one attached hydrogen (secondary N) is 2. The molecule has 2 rings (SSSR count). The van der Waals surface area contributed by atoms with Crippen LogP contribution in [0.2, 0.25) is 5.02 Å². The number of esters is 1. The van der Waals surface area contributed by atoms with Crippen LogP contribution >= 0.6 is 11.6 Å². The Morgan fingerprint density at radius 2 is 2.05 bits per heavy atom. The molecule has 2 aromatic rings. The van der Waals surface area contributed by atoms with E-state index in [1.54, 1.807) is 26.0 Å². The van der Waals surface area contributed by atoms with Gasteiger partial charge in [-0.25, -0.2) is 4.79 Å². The van der Waals surface area contributed by atoms with Crippen molar-refractivity contribution < 1.29 is 14.3 Å². The third-order valence-corrected chi connectivity index (χ3v) is 3.23. The Morgan fingerprint density at radius 1 is 1.33 bits per heavy atom. The number of nitrogens with zero attached hydrogens (tertiary/aromatic N) is 1. The molecule has 1 aromatic carbocycles. The van der Waals surface area contributed by atoms with Crippen LogP contribution in [0.5, 0.6) is 0 Å². The Labute approximate surface area is 126 Å². The Bertz CT molecular complexity index is 690. The van der Waals surface area contributed by atoms with Crippen molar-refractivity contribution in [2.45, 2.75) is 13.8 Å². The van der Waals surface area contributed by atoms with Crippen molar-refractivity contribution in [3.05, 3.63) is 45.7 Å². The predicted octanol–water partition coefficient (Wildman–Crippen LogP) is 2.72. The molecule has 0 aliphatic carbocycles. The third kappa shape index (κ3) is 3.05. The number of aryl methyl sites for hydroxylation is 2. The maximum Gasteiger partial charge on any atom is 0.340 e. The Hall–Kier alpha value is -2.34. The molecule has 0 fully saturated rings. The fourth-order valence-electron chi connectivity index (χ4n) is 1.97. The summed E-state index contributed by atoms with van der Waals surface area (Å²) in [4.78, 5) is 24.0. The average molecular weight is 308 g/mol.